The lowest BCUT2D eigenvalue weighted by Crippen LogP contribution is -2.17. The van der Waals surface area contributed by atoms with Crippen molar-refractivity contribution in [3.8, 4) is 11.5 Å². The fraction of sp³-hybridized carbons (Fsp3) is 0.125. The quantitative estimate of drug-likeness (QED) is 0.787. The fourth-order valence-corrected chi connectivity index (χ4v) is 2.13. The van der Waals surface area contributed by atoms with Crippen molar-refractivity contribution in [2.45, 2.75) is 6.04 Å². The second kappa shape index (κ2) is 5.67. The molecule has 2 aromatic carbocycles. The van der Waals surface area contributed by atoms with Gasteiger partial charge in [-0.25, -0.2) is 0 Å². The lowest BCUT2D eigenvalue weighted by Gasteiger charge is -2.11. The van der Waals surface area contributed by atoms with Crippen molar-refractivity contribution in [1.82, 2.24) is 15.5 Å². The molecule has 1 aromatic heterocycles. The van der Waals surface area contributed by atoms with E-state index >= 15 is 0 Å². The Balaban J connectivity index is 1.93. The molecule has 1 N–H and O–H groups in total. The molecule has 1 unspecified atom stereocenters. The summed E-state index contributed by atoms with van der Waals surface area (Å²) in [5, 5.41) is 11.5. The Hall–Kier alpha value is -2.46. The minimum Gasteiger partial charge on any atom is -0.419 e. The first-order chi connectivity index (χ1) is 9.88. The first-order valence-corrected chi connectivity index (χ1v) is 6.49. The molecule has 3 rings (SSSR count). The van der Waals surface area contributed by atoms with Crippen LogP contribution in [-0.4, -0.2) is 17.2 Å². The minimum absolute atomic E-state index is 0.0961. The lowest BCUT2D eigenvalue weighted by molar-refractivity contribution is 0.456. The van der Waals surface area contributed by atoms with Gasteiger partial charge in [0.25, 0.3) is 0 Å². The van der Waals surface area contributed by atoms with Crippen molar-refractivity contribution < 1.29 is 4.42 Å². The fourth-order valence-electron chi connectivity index (χ4n) is 2.13. The molecule has 0 radical (unpaired) electrons. The van der Waals surface area contributed by atoms with E-state index in [-0.39, 0.29) is 6.04 Å². The van der Waals surface area contributed by atoms with Gasteiger partial charge in [-0.15, -0.1) is 10.2 Å². The molecule has 0 aliphatic rings. The summed E-state index contributed by atoms with van der Waals surface area (Å²) < 4.78 is 5.79. The van der Waals surface area contributed by atoms with Crippen molar-refractivity contribution in [2.75, 3.05) is 7.05 Å². The zero-order chi connectivity index (χ0) is 13.8. The van der Waals surface area contributed by atoms with Gasteiger partial charge in [-0.05, 0) is 24.7 Å². The molecule has 4 nitrogen and oxygen atoms in total. The number of hydrogen-bond donors (Lipinski definition) is 1. The van der Waals surface area contributed by atoms with Gasteiger partial charge in [0.15, 0.2) is 0 Å². The van der Waals surface area contributed by atoms with E-state index in [2.05, 4.69) is 15.5 Å². The summed E-state index contributed by atoms with van der Waals surface area (Å²) in [6.45, 7) is 0. The maximum absolute atomic E-state index is 5.79. The SMILES string of the molecule is CNC(c1ccccc1)c1nnc(-c2ccccc2)o1. The molecule has 4 heteroatoms. The van der Waals surface area contributed by atoms with Crippen LogP contribution in [0.4, 0.5) is 0 Å². The molecule has 0 aliphatic heterocycles. The van der Waals surface area contributed by atoms with E-state index in [1.54, 1.807) is 0 Å². The third kappa shape index (κ3) is 2.46. The Bertz CT molecular complexity index is 664. The van der Waals surface area contributed by atoms with Gasteiger partial charge in [0, 0.05) is 5.56 Å². The van der Waals surface area contributed by atoms with E-state index in [4.69, 9.17) is 4.42 Å². The number of rotatable bonds is 4. The largest absolute Gasteiger partial charge is 0.419 e. The van der Waals surface area contributed by atoms with Crippen LogP contribution in [0.1, 0.15) is 17.5 Å². The number of nitrogens with zero attached hydrogens (tertiary/aromatic N) is 2. The summed E-state index contributed by atoms with van der Waals surface area (Å²) in [6, 6.07) is 19.7. The van der Waals surface area contributed by atoms with Crippen LogP contribution in [-0.2, 0) is 0 Å². The Kier molecular flexibility index (Phi) is 3.56. The number of aromatic nitrogens is 2. The molecular formula is C16H15N3O. The molecule has 0 bridgehead atoms. The van der Waals surface area contributed by atoms with Crippen molar-refractivity contribution in [3.63, 3.8) is 0 Å². The molecule has 0 saturated carbocycles. The summed E-state index contributed by atoms with van der Waals surface area (Å²) in [5.41, 5.74) is 2.02. The van der Waals surface area contributed by atoms with Crippen molar-refractivity contribution in [3.05, 3.63) is 72.1 Å². The predicted molar refractivity (Wildman–Crippen MR) is 77.1 cm³/mol. The third-order valence-corrected chi connectivity index (χ3v) is 3.13. The van der Waals surface area contributed by atoms with E-state index in [0.29, 0.717) is 11.8 Å². The van der Waals surface area contributed by atoms with Crippen LogP contribution in [0, 0.1) is 0 Å². The van der Waals surface area contributed by atoms with Gasteiger partial charge in [0.1, 0.15) is 6.04 Å². The summed E-state index contributed by atoms with van der Waals surface area (Å²) in [6.07, 6.45) is 0. The van der Waals surface area contributed by atoms with Crippen molar-refractivity contribution >= 4 is 0 Å². The Morgan fingerprint density at radius 3 is 2.20 bits per heavy atom. The van der Waals surface area contributed by atoms with E-state index in [0.717, 1.165) is 11.1 Å². The van der Waals surface area contributed by atoms with Crippen LogP contribution < -0.4 is 5.32 Å². The molecule has 1 atom stereocenters. The molecule has 0 amide bonds. The zero-order valence-electron chi connectivity index (χ0n) is 11.2. The summed E-state index contributed by atoms with van der Waals surface area (Å²) in [4.78, 5) is 0. The average molecular weight is 265 g/mol. The van der Waals surface area contributed by atoms with Gasteiger partial charge in [-0.2, -0.15) is 0 Å². The predicted octanol–water partition coefficient (Wildman–Crippen LogP) is 3.05. The maximum atomic E-state index is 5.79. The molecule has 20 heavy (non-hydrogen) atoms. The first kappa shape index (κ1) is 12.6. The van der Waals surface area contributed by atoms with Crippen molar-refractivity contribution in [2.24, 2.45) is 0 Å². The second-order valence-electron chi connectivity index (χ2n) is 4.44. The van der Waals surface area contributed by atoms with Crippen LogP contribution in [0.2, 0.25) is 0 Å². The van der Waals surface area contributed by atoms with E-state index < -0.39 is 0 Å². The summed E-state index contributed by atoms with van der Waals surface area (Å²) in [5.74, 6) is 1.11. The molecule has 0 spiro atoms. The van der Waals surface area contributed by atoms with E-state index in [1.807, 2.05) is 67.7 Å². The lowest BCUT2D eigenvalue weighted by atomic mass is 10.1. The summed E-state index contributed by atoms with van der Waals surface area (Å²) >= 11 is 0. The molecule has 3 aromatic rings. The van der Waals surface area contributed by atoms with Crippen LogP contribution in [0.15, 0.2) is 65.1 Å². The monoisotopic (exact) mass is 265 g/mol. The van der Waals surface area contributed by atoms with E-state index in [1.165, 1.54) is 0 Å². The Morgan fingerprint density at radius 2 is 1.55 bits per heavy atom. The Morgan fingerprint density at radius 1 is 0.900 bits per heavy atom. The van der Waals surface area contributed by atoms with Gasteiger partial charge in [0.05, 0.1) is 0 Å². The van der Waals surface area contributed by atoms with Gasteiger partial charge < -0.3 is 9.73 Å². The molecular weight excluding hydrogens is 250 g/mol. The van der Waals surface area contributed by atoms with Gasteiger partial charge in [0.2, 0.25) is 11.8 Å². The number of benzene rings is 2. The number of hydrogen-bond acceptors (Lipinski definition) is 4. The highest BCUT2D eigenvalue weighted by Gasteiger charge is 2.19. The number of nitrogens with one attached hydrogen (secondary N) is 1. The average Bonchev–Trinajstić information content (AvgIpc) is 3.00. The molecule has 0 aliphatic carbocycles. The minimum atomic E-state index is -0.0961. The normalized spacial score (nSPS) is 12.2. The van der Waals surface area contributed by atoms with Gasteiger partial charge in [-0.3, -0.25) is 0 Å². The van der Waals surface area contributed by atoms with Crippen LogP contribution in [0.25, 0.3) is 11.5 Å². The van der Waals surface area contributed by atoms with E-state index in [9.17, 15) is 0 Å². The highest BCUT2D eigenvalue weighted by atomic mass is 16.4. The smallest absolute Gasteiger partial charge is 0.247 e. The summed E-state index contributed by atoms with van der Waals surface area (Å²) in [7, 11) is 1.88. The third-order valence-electron chi connectivity index (χ3n) is 3.13. The van der Waals surface area contributed by atoms with Crippen LogP contribution in [0.3, 0.4) is 0 Å². The standard InChI is InChI=1S/C16H15N3O/c1-17-14(12-8-4-2-5-9-12)16-19-18-15(20-16)13-10-6-3-7-11-13/h2-11,14,17H,1H3. The highest BCUT2D eigenvalue weighted by Crippen LogP contribution is 2.24. The zero-order valence-corrected chi connectivity index (χ0v) is 11.2. The molecule has 100 valence electrons. The molecule has 0 fully saturated rings. The second-order valence-corrected chi connectivity index (χ2v) is 4.44. The molecule has 0 saturated heterocycles. The van der Waals surface area contributed by atoms with Crippen molar-refractivity contribution in [1.29, 1.82) is 0 Å². The highest BCUT2D eigenvalue weighted by molar-refractivity contribution is 5.51. The van der Waals surface area contributed by atoms with Gasteiger partial charge in [-0.1, -0.05) is 48.5 Å². The van der Waals surface area contributed by atoms with Crippen LogP contribution >= 0.6 is 0 Å². The first-order valence-electron chi connectivity index (χ1n) is 6.49. The maximum Gasteiger partial charge on any atom is 0.247 e. The molecule has 1 heterocycles. The van der Waals surface area contributed by atoms with Crippen LogP contribution in [0.5, 0.6) is 0 Å². The van der Waals surface area contributed by atoms with Gasteiger partial charge >= 0.3 is 0 Å². The topological polar surface area (TPSA) is 51.0 Å². The Labute approximate surface area is 117 Å².